The zero-order valence-electron chi connectivity index (χ0n) is 8.71. The molecule has 1 atom stereocenters. The van der Waals surface area contributed by atoms with Gasteiger partial charge in [-0.2, -0.15) is 0 Å². The van der Waals surface area contributed by atoms with Gasteiger partial charge in [0.25, 0.3) is 0 Å². The summed E-state index contributed by atoms with van der Waals surface area (Å²) in [5.74, 6) is 0.949. The first-order chi connectivity index (χ1) is 6.33. The Labute approximate surface area is 81.6 Å². The number of hydrogen-bond acceptors (Lipinski definition) is 2. The van der Waals surface area contributed by atoms with E-state index < -0.39 is 0 Å². The van der Waals surface area contributed by atoms with E-state index in [1.807, 2.05) is 6.21 Å². The van der Waals surface area contributed by atoms with Gasteiger partial charge in [0.1, 0.15) is 0 Å². The standard InChI is InChI=1S/C11H22N2/c1-13-9-11(12)8-7-10-5-3-2-4-6-10/h9-11H,2-8,12H2,1H3. The molecule has 0 aromatic carbocycles. The van der Waals surface area contributed by atoms with Crippen LogP contribution in [0.1, 0.15) is 44.9 Å². The second-order valence-electron chi connectivity index (χ2n) is 4.15. The van der Waals surface area contributed by atoms with Crippen molar-refractivity contribution in [2.45, 2.75) is 51.0 Å². The molecule has 1 saturated carbocycles. The van der Waals surface area contributed by atoms with E-state index in [1.165, 1.54) is 38.5 Å². The van der Waals surface area contributed by atoms with Crippen molar-refractivity contribution in [1.82, 2.24) is 0 Å². The predicted octanol–water partition coefficient (Wildman–Crippen LogP) is 2.37. The second kappa shape index (κ2) is 6.14. The fourth-order valence-corrected chi connectivity index (χ4v) is 2.17. The van der Waals surface area contributed by atoms with Crippen LogP contribution in [0.15, 0.2) is 4.99 Å². The molecule has 1 aliphatic rings. The molecule has 0 heterocycles. The van der Waals surface area contributed by atoms with Gasteiger partial charge < -0.3 is 5.73 Å². The summed E-state index contributed by atoms with van der Waals surface area (Å²) >= 11 is 0. The van der Waals surface area contributed by atoms with Crippen molar-refractivity contribution in [1.29, 1.82) is 0 Å². The lowest BCUT2D eigenvalue weighted by Gasteiger charge is -2.21. The molecule has 1 aliphatic carbocycles. The van der Waals surface area contributed by atoms with Gasteiger partial charge in [-0.3, -0.25) is 4.99 Å². The number of aliphatic imine (C=N–C) groups is 1. The predicted molar refractivity (Wildman–Crippen MR) is 58.2 cm³/mol. The minimum Gasteiger partial charge on any atom is -0.323 e. The van der Waals surface area contributed by atoms with Gasteiger partial charge in [0.2, 0.25) is 0 Å². The summed E-state index contributed by atoms with van der Waals surface area (Å²) in [5, 5.41) is 0. The van der Waals surface area contributed by atoms with Gasteiger partial charge in [-0.1, -0.05) is 32.1 Å². The fourth-order valence-electron chi connectivity index (χ4n) is 2.17. The highest BCUT2D eigenvalue weighted by atomic mass is 14.7. The van der Waals surface area contributed by atoms with E-state index >= 15 is 0 Å². The van der Waals surface area contributed by atoms with Gasteiger partial charge in [-0.15, -0.1) is 0 Å². The number of nitrogens with two attached hydrogens (primary N) is 1. The molecular formula is C11H22N2. The summed E-state index contributed by atoms with van der Waals surface area (Å²) in [4.78, 5) is 3.95. The lowest BCUT2D eigenvalue weighted by Crippen LogP contribution is -2.22. The van der Waals surface area contributed by atoms with E-state index in [1.54, 1.807) is 7.05 Å². The summed E-state index contributed by atoms with van der Waals surface area (Å²) in [6.07, 6.45) is 11.4. The molecule has 2 nitrogen and oxygen atoms in total. The van der Waals surface area contributed by atoms with Crippen LogP contribution in [0.3, 0.4) is 0 Å². The number of nitrogens with zero attached hydrogens (tertiary/aromatic N) is 1. The number of hydrogen-bond donors (Lipinski definition) is 1. The summed E-state index contributed by atoms with van der Waals surface area (Å²) in [5.41, 5.74) is 5.85. The maximum absolute atomic E-state index is 5.85. The third-order valence-corrected chi connectivity index (χ3v) is 2.97. The van der Waals surface area contributed by atoms with E-state index in [0.29, 0.717) is 0 Å². The van der Waals surface area contributed by atoms with Gasteiger partial charge in [0.05, 0.1) is 0 Å². The minimum atomic E-state index is 0.187. The van der Waals surface area contributed by atoms with Crippen LogP contribution in [0.2, 0.25) is 0 Å². The van der Waals surface area contributed by atoms with E-state index in [9.17, 15) is 0 Å². The van der Waals surface area contributed by atoms with Gasteiger partial charge in [0, 0.05) is 19.3 Å². The highest BCUT2D eigenvalue weighted by Crippen LogP contribution is 2.27. The zero-order chi connectivity index (χ0) is 9.52. The first-order valence-corrected chi connectivity index (χ1v) is 5.51. The summed E-state index contributed by atoms with van der Waals surface area (Å²) in [6, 6.07) is 0.187. The monoisotopic (exact) mass is 182 g/mol. The highest BCUT2D eigenvalue weighted by molar-refractivity contribution is 5.63. The van der Waals surface area contributed by atoms with Crippen LogP contribution in [0.25, 0.3) is 0 Å². The molecule has 0 aromatic rings. The van der Waals surface area contributed by atoms with E-state index in [-0.39, 0.29) is 6.04 Å². The molecule has 1 rings (SSSR count). The third kappa shape index (κ3) is 4.41. The van der Waals surface area contributed by atoms with E-state index in [4.69, 9.17) is 5.73 Å². The molecule has 2 heteroatoms. The Morgan fingerprint density at radius 3 is 2.69 bits per heavy atom. The molecule has 0 spiro atoms. The van der Waals surface area contributed by atoms with Crippen molar-refractivity contribution in [3.63, 3.8) is 0 Å². The SMILES string of the molecule is CN=CC(N)CCC1CCCCC1. The first-order valence-electron chi connectivity index (χ1n) is 5.51. The molecule has 0 saturated heterocycles. The van der Waals surface area contributed by atoms with Crippen LogP contribution in [0.5, 0.6) is 0 Å². The quantitative estimate of drug-likeness (QED) is 0.666. The Bertz CT molecular complexity index is 148. The Morgan fingerprint density at radius 1 is 1.38 bits per heavy atom. The van der Waals surface area contributed by atoms with Crippen LogP contribution in [0.4, 0.5) is 0 Å². The summed E-state index contributed by atoms with van der Waals surface area (Å²) in [7, 11) is 1.79. The van der Waals surface area contributed by atoms with Gasteiger partial charge >= 0.3 is 0 Å². The topological polar surface area (TPSA) is 38.4 Å². The Morgan fingerprint density at radius 2 is 2.08 bits per heavy atom. The summed E-state index contributed by atoms with van der Waals surface area (Å²) < 4.78 is 0. The van der Waals surface area contributed by atoms with E-state index in [0.717, 1.165) is 12.3 Å². The number of rotatable bonds is 4. The molecule has 0 radical (unpaired) electrons. The Kier molecular flexibility index (Phi) is 5.06. The molecule has 1 unspecified atom stereocenters. The minimum absolute atomic E-state index is 0.187. The highest BCUT2D eigenvalue weighted by Gasteiger charge is 2.13. The van der Waals surface area contributed by atoms with Crippen molar-refractivity contribution < 1.29 is 0 Å². The normalized spacial score (nSPS) is 22.3. The largest absolute Gasteiger partial charge is 0.323 e. The van der Waals surface area contributed by atoms with Crippen LogP contribution in [-0.2, 0) is 0 Å². The summed E-state index contributed by atoms with van der Waals surface area (Å²) in [6.45, 7) is 0. The molecular weight excluding hydrogens is 160 g/mol. The van der Waals surface area contributed by atoms with Crippen LogP contribution < -0.4 is 5.73 Å². The molecule has 1 fully saturated rings. The molecule has 76 valence electrons. The Hall–Kier alpha value is -0.370. The van der Waals surface area contributed by atoms with Crippen molar-refractivity contribution in [3.05, 3.63) is 0 Å². The molecule has 2 N–H and O–H groups in total. The van der Waals surface area contributed by atoms with Crippen LogP contribution >= 0.6 is 0 Å². The van der Waals surface area contributed by atoms with Crippen molar-refractivity contribution >= 4 is 6.21 Å². The van der Waals surface area contributed by atoms with E-state index in [2.05, 4.69) is 4.99 Å². The smallest absolute Gasteiger partial charge is 0.0395 e. The van der Waals surface area contributed by atoms with Crippen molar-refractivity contribution in [3.8, 4) is 0 Å². The average molecular weight is 182 g/mol. The molecule has 0 aromatic heterocycles. The van der Waals surface area contributed by atoms with Crippen LogP contribution in [-0.4, -0.2) is 19.3 Å². The lowest BCUT2D eigenvalue weighted by atomic mass is 9.85. The molecule has 0 aliphatic heterocycles. The zero-order valence-corrected chi connectivity index (χ0v) is 8.71. The second-order valence-corrected chi connectivity index (χ2v) is 4.15. The lowest BCUT2D eigenvalue weighted by molar-refractivity contribution is 0.330. The van der Waals surface area contributed by atoms with Crippen molar-refractivity contribution in [2.24, 2.45) is 16.6 Å². The maximum atomic E-state index is 5.85. The van der Waals surface area contributed by atoms with Gasteiger partial charge in [-0.05, 0) is 18.8 Å². The average Bonchev–Trinajstić information content (AvgIpc) is 2.17. The molecule has 0 amide bonds. The van der Waals surface area contributed by atoms with Crippen LogP contribution in [0, 0.1) is 5.92 Å². The Balaban J connectivity index is 2.09. The van der Waals surface area contributed by atoms with Gasteiger partial charge in [0.15, 0.2) is 0 Å². The molecule has 0 bridgehead atoms. The fraction of sp³-hybridized carbons (Fsp3) is 0.909. The maximum Gasteiger partial charge on any atom is 0.0395 e. The van der Waals surface area contributed by atoms with Crippen molar-refractivity contribution in [2.75, 3.05) is 7.05 Å². The first kappa shape index (κ1) is 10.7. The van der Waals surface area contributed by atoms with Gasteiger partial charge in [-0.25, -0.2) is 0 Å². The molecule has 13 heavy (non-hydrogen) atoms. The third-order valence-electron chi connectivity index (χ3n) is 2.97.